The summed E-state index contributed by atoms with van der Waals surface area (Å²) >= 11 is 5.91. The number of aryl methyl sites for hydroxylation is 1. The molecule has 0 heterocycles. The van der Waals surface area contributed by atoms with Gasteiger partial charge in [0, 0.05) is 0 Å². The van der Waals surface area contributed by atoms with Crippen LogP contribution in [0.4, 0.5) is 0 Å². The third kappa shape index (κ3) is 4.63. The zero-order valence-electron chi connectivity index (χ0n) is 13.3. The molecule has 2 aromatic rings. The van der Waals surface area contributed by atoms with Gasteiger partial charge in [0.1, 0.15) is 0 Å². The molecule has 2 N–H and O–H groups in total. The minimum atomic E-state index is -0.516. The third-order valence-electron chi connectivity index (χ3n) is 3.11. The number of nitrogens with one attached hydrogen (secondary N) is 2. The minimum Gasteiger partial charge on any atom is -0.493 e. The fourth-order valence-corrected chi connectivity index (χ4v) is 2.13. The zero-order valence-corrected chi connectivity index (χ0v) is 14.0. The van der Waals surface area contributed by atoms with E-state index in [-0.39, 0.29) is 12.2 Å². The molecule has 2 amide bonds. The summed E-state index contributed by atoms with van der Waals surface area (Å²) in [4.78, 5) is 23.7. The van der Waals surface area contributed by atoms with Crippen molar-refractivity contribution in [3.63, 3.8) is 0 Å². The van der Waals surface area contributed by atoms with E-state index in [0.717, 1.165) is 5.56 Å². The van der Waals surface area contributed by atoms with Gasteiger partial charge >= 0.3 is 0 Å². The molecule has 126 valence electrons. The first-order chi connectivity index (χ1) is 11.5. The number of hydrogen-bond donors (Lipinski definition) is 2. The molecular formula is C17H17ClN2O4. The summed E-state index contributed by atoms with van der Waals surface area (Å²) in [6, 6.07) is 11.9. The Morgan fingerprint density at radius 2 is 1.83 bits per heavy atom. The van der Waals surface area contributed by atoms with Gasteiger partial charge < -0.3 is 9.47 Å². The van der Waals surface area contributed by atoms with Crippen LogP contribution in [0.15, 0.2) is 42.5 Å². The Morgan fingerprint density at radius 1 is 1.08 bits per heavy atom. The molecule has 0 unspecified atom stereocenters. The molecule has 0 spiro atoms. The molecule has 24 heavy (non-hydrogen) atoms. The van der Waals surface area contributed by atoms with Crippen LogP contribution in [-0.2, 0) is 4.79 Å². The lowest BCUT2D eigenvalue weighted by Gasteiger charge is -2.12. The van der Waals surface area contributed by atoms with Crippen molar-refractivity contribution in [2.24, 2.45) is 0 Å². The molecule has 7 heteroatoms. The maximum atomic E-state index is 11.9. The molecule has 2 rings (SSSR count). The van der Waals surface area contributed by atoms with Crippen molar-refractivity contribution >= 4 is 23.4 Å². The number of hydrazine groups is 1. The Bertz CT molecular complexity index is 749. The molecule has 0 saturated carbocycles. The van der Waals surface area contributed by atoms with E-state index >= 15 is 0 Å². The van der Waals surface area contributed by atoms with E-state index in [9.17, 15) is 9.59 Å². The van der Waals surface area contributed by atoms with Crippen LogP contribution in [0, 0.1) is 6.92 Å². The minimum absolute atomic E-state index is 0.264. The fraction of sp³-hybridized carbons (Fsp3) is 0.176. The summed E-state index contributed by atoms with van der Waals surface area (Å²) in [6.45, 7) is 1.64. The van der Waals surface area contributed by atoms with Gasteiger partial charge in [-0.25, -0.2) is 0 Å². The summed E-state index contributed by atoms with van der Waals surface area (Å²) in [7, 11) is 1.52. The highest BCUT2D eigenvalue weighted by atomic mass is 35.5. The van der Waals surface area contributed by atoms with Crippen LogP contribution in [0.3, 0.4) is 0 Å². The van der Waals surface area contributed by atoms with E-state index in [1.807, 2.05) is 13.0 Å². The first-order valence-corrected chi connectivity index (χ1v) is 7.50. The van der Waals surface area contributed by atoms with Crippen molar-refractivity contribution in [1.29, 1.82) is 0 Å². The number of methoxy groups -OCH3 is 1. The lowest BCUT2D eigenvalue weighted by Crippen LogP contribution is -2.43. The van der Waals surface area contributed by atoms with Crippen LogP contribution in [0.1, 0.15) is 15.9 Å². The van der Waals surface area contributed by atoms with Crippen molar-refractivity contribution in [3.8, 4) is 11.5 Å². The summed E-state index contributed by atoms with van der Waals surface area (Å²) in [6.07, 6.45) is 0. The Kier molecular flexibility index (Phi) is 6.03. The Hall–Kier alpha value is -2.73. The normalized spacial score (nSPS) is 9.96. The SMILES string of the molecule is COc1cc(C)ccc1OCC(=O)NNC(=O)c1ccccc1Cl. The van der Waals surface area contributed by atoms with Gasteiger partial charge in [0.25, 0.3) is 11.8 Å². The maximum absolute atomic E-state index is 11.9. The lowest BCUT2D eigenvalue weighted by molar-refractivity contribution is -0.123. The molecular weight excluding hydrogens is 332 g/mol. The summed E-state index contributed by atoms with van der Waals surface area (Å²) in [5.41, 5.74) is 5.82. The Labute approximate surface area is 144 Å². The number of carbonyl (C=O) groups excluding carboxylic acids is 2. The molecule has 2 aromatic carbocycles. The van der Waals surface area contributed by atoms with Gasteiger partial charge in [0.05, 0.1) is 17.7 Å². The smallest absolute Gasteiger partial charge is 0.276 e. The van der Waals surface area contributed by atoms with Crippen LogP contribution in [0.2, 0.25) is 5.02 Å². The predicted molar refractivity (Wildman–Crippen MR) is 90.3 cm³/mol. The molecule has 0 fully saturated rings. The quantitative estimate of drug-likeness (QED) is 0.814. The monoisotopic (exact) mass is 348 g/mol. The molecule has 0 aliphatic heterocycles. The van der Waals surface area contributed by atoms with Crippen molar-refractivity contribution in [3.05, 3.63) is 58.6 Å². The standard InChI is InChI=1S/C17H17ClN2O4/c1-11-7-8-14(15(9-11)23-2)24-10-16(21)19-20-17(22)12-5-3-4-6-13(12)18/h3-9H,10H2,1-2H3,(H,19,21)(H,20,22). The molecule has 0 atom stereocenters. The molecule has 6 nitrogen and oxygen atoms in total. The van der Waals surface area contributed by atoms with E-state index in [2.05, 4.69) is 10.9 Å². The second kappa shape index (κ2) is 8.21. The van der Waals surface area contributed by atoms with Crippen LogP contribution >= 0.6 is 11.6 Å². The fourth-order valence-electron chi connectivity index (χ4n) is 1.91. The number of amides is 2. The highest BCUT2D eigenvalue weighted by Crippen LogP contribution is 2.27. The third-order valence-corrected chi connectivity index (χ3v) is 3.44. The van der Waals surface area contributed by atoms with Crippen LogP contribution in [-0.4, -0.2) is 25.5 Å². The van der Waals surface area contributed by atoms with Gasteiger partial charge in [0.15, 0.2) is 18.1 Å². The number of halogens is 1. The number of ether oxygens (including phenoxy) is 2. The molecule has 0 aliphatic rings. The average molecular weight is 349 g/mol. The van der Waals surface area contributed by atoms with Crippen molar-refractivity contribution in [2.45, 2.75) is 6.92 Å². The Balaban J connectivity index is 1.86. The zero-order chi connectivity index (χ0) is 17.5. The second-order valence-electron chi connectivity index (χ2n) is 4.93. The number of carbonyl (C=O) groups is 2. The number of rotatable bonds is 5. The second-order valence-corrected chi connectivity index (χ2v) is 5.33. The molecule has 0 radical (unpaired) electrons. The molecule has 0 bridgehead atoms. The van der Waals surface area contributed by atoms with Crippen molar-refractivity contribution < 1.29 is 19.1 Å². The van der Waals surface area contributed by atoms with Gasteiger partial charge in [-0.2, -0.15) is 0 Å². The largest absolute Gasteiger partial charge is 0.493 e. The molecule has 0 saturated heterocycles. The van der Waals surface area contributed by atoms with Crippen LogP contribution in [0.5, 0.6) is 11.5 Å². The molecule has 0 aromatic heterocycles. The highest BCUT2D eigenvalue weighted by molar-refractivity contribution is 6.33. The predicted octanol–water partition coefficient (Wildman–Crippen LogP) is 2.50. The first-order valence-electron chi connectivity index (χ1n) is 7.12. The van der Waals surface area contributed by atoms with E-state index in [1.165, 1.54) is 7.11 Å². The van der Waals surface area contributed by atoms with E-state index < -0.39 is 11.8 Å². The van der Waals surface area contributed by atoms with E-state index in [1.54, 1.807) is 36.4 Å². The van der Waals surface area contributed by atoms with Gasteiger partial charge in [-0.05, 0) is 36.8 Å². The highest BCUT2D eigenvalue weighted by Gasteiger charge is 2.11. The summed E-state index contributed by atoms with van der Waals surface area (Å²) in [5, 5.41) is 0.296. The molecule has 0 aliphatic carbocycles. The van der Waals surface area contributed by atoms with Crippen molar-refractivity contribution in [1.82, 2.24) is 10.9 Å². The summed E-state index contributed by atoms with van der Waals surface area (Å²) in [5.74, 6) is -0.0570. The van der Waals surface area contributed by atoms with E-state index in [0.29, 0.717) is 16.5 Å². The maximum Gasteiger partial charge on any atom is 0.276 e. The van der Waals surface area contributed by atoms with Gasteiger partial charge in [0.2, 0.25) is 0 Å². The van der Waals surface area contributed by atoms with Gasteiger partial charge in [-0.1, -0.05) is 29.8 Å². The average Bonchev–Trinajstić information content (AvgIpc) is 2.58. The van der Waals surface area contributed by atoms with Gasteiger partial charge in [-0.3, -0.25) is 20.4 Å². The number of benzene rings is 2. The number of hydrogen-bond acceptors (Lipinski definition) is 4. The van der Waals surface area contributed by atoms with Crippen LogP contribution < -0.4 is 20.3 Å². The van der Waals surface area contributed by atoms with Crippen LogP contribution in [0.25, 0.3) is 0 Å². The van der Waals surface area contributed by atoms with Gasteiger partial charge in [-0.15, -0.1) is 0 Å². The van der Waals surface area contributed by atoms with Crippen molar-refractivity contribution in [2.75, 3.05) is 13.7 Å². The first kappa shape index (κ1) is 17.6. The lowest BCUT2D eigenvalue weighted by atomic mass is 10.2. The Morgan fingerprint density at radius 3 is 2.54 bits per heavy atom. The summed E-state index contributed by atoms with van der Waals surface area (Å²) < 4.78 is 10.6. The topological polar surface area (TPSA) is 76.7 Å². The van der Waals surface area contributed by atoms with E-state index in [4.69, 9.17) is 21.1 Å².